The van der Waals surface area contributed by atoms with Crippen molar-refractivity contribution in [2.24, 2.45) is 0 Å². The number of benzene rings is 1. The molecule has 0 aliphatic rings. The lowest BCUT2D eigenvalue weighted by atomic mass is 10.2. The number of sulfonamides is 1. The number of pyridine rings is 1. The van der Waals surface area contributed by atoms with Crippen molar-refractivity contribution in [2.45, 2.75) is 24.8 Å². The standard InChI is InChI=1S/C17H18N4O4S/c1-13-5-6-15(21(22)23)12-16(13)26(24,25)19-9-3-10-20-11-7-14-4-2-8-18-17(14)20/h2,4-8,11-12,19H,3,9-10H2,1H3. The predicted octanol–water partition coefficient (Wildman–Crippen LogP) is 2.62. The van der Waals surface area contributed by atoms with Gasteiger partial charge >= 0.3 is 0 Å². The minimum absolute atomic E-state index is 0.0696. The number of rotatable bonds is 7. The van der Waals surface area contributed by atoms with Gasteiger partial charge in [0.05, 0.1) is 9.82 Å². The van der Waals surface area contributed by atoms with Gasteiger partial charge in [-0.25, -0.2) is 18.1 Å². The zero-order chi connectivity index (χ0) is 18.7. The van der Waals surface area contributed by atoms with Gasteiger partial charge in [0.25, 0.3) is 5.69 Å². The van der Waals surface area contributed by atoms with Crippen molar-refractivity contribution in [2.75, 3.05) is 6.54 Å². The normalized spacial score (nSPS) is 11.7. The number of fused-ring (bicyclic) bond motifs is 1. The second-order valence-electron chi connectivity index (χ2n) is 5.88. The molecule has 3 rings (SSSR count). The number of nitro groups is 1. The van der Waals surface area contributed by atoms with E-state index in [4.69, 9.17) is 0 Å². The molecule has 2 heterocycles. The van der Waals surface area contributed by atoms with Crippen molar-refractivity contribution < 1.29 is 13.3 Å². The number of nitrogens with one attached hydrogen (secondary N) is 1. The highest BCUT2D eigenvalue weighted by Gasteiger charge is 2.20. The van der Waals surface area contributed by atoms with Gasteiger partial charge in [-0.15, -0.1) is 0 Å². The minimum Gasteiger partial charge on any atom is -0.332 e. The fourth-order valence-corrected chi connectivity index (χ4v) is 4.06. The molecule has 0 radical (unpaired) electrons. The van der Waals surface area contributed by atoms with E-state index in [2.05, 4.69) is 9.71 Å². The van der Waals surface area contributed by atoms with Crippen LogP contribution in [0.15, 0.2) is 53.7 Å². The largest absolute Gasteiger partial charge is 0.332 e. The van der Waals surface area contributed by atoms with Crippen LogP contribution in [-0.4, -0.2) is 29.4 Å². The Bertz CT molecular complexity index is 1060. The molecule has 9 heteroatoms. The second-order valence-corrected chi connectivity index (χ2v) is 7.62. The van der Waals surface area contributed by atoms with Gasteiger partial charge in [0.15, 0.2) is 0 Å². The molecular formula is C17H18N4O4S. The van der Waals surface area contributed by atoms with Crippen LogP contribution in [0, 0.1) is 17.0 Å². The van der Waals surface area contributed by atoms with Crippen LogP contribution >= 0.6 is 0 Å². The highest BCUT2D eigenvalue weighted by Crippen LogP contribution is 2.21. The summed E-state index contributed by atoms with van der Waals surface area (Å²) in [5.74, 6) is 0. The highest BCUT2D eigenvalue weighted by atomic mass is 32.2. The molecule has 0 aliphatic heterocycles. The second kappa shape index (κ2) is 7.22. The summed E-state index contributed by atoms with van der Waals surface area (Å²) in [5, 5.41) is 11.9. The highest BCUT2D eigenvalue weighted by molar-refractivity contribution is 7.89. The molecule has 0 fully saturated rings. The Morgan fingerprint density at radius 3 is 2.85 bits per heavy atom. The lowest BCUT2D eigenvalue weighted by molar-refractivity contribution is -0.385. The third-order valence-corrected chi connectivity index (χ3v) is 5.67. The van der Waals surface area contributed by atoms with E-state index in [-0.39, 0.29) is 17.1 Å². The summed E-state index contributed by atoms with van der Waals surface area (Å²) in [7, 11) is -3.81. The topological polar surface area (TPSA) is 107 Å². The van der Waals surface area contributed by atoms with Crippen molar-refractivity contribution >= 4 is 26.7 Å². The molecule has 0 spiro atoms. The van der Waals surface area contributed by atoms with Gasteiger partial charge in [-0.1, -0.05) is 6.07 Å². The lowest BCUT2D eigenvalue weighted by Gasteiger charge is -2.10. The van der Waals surface area contributed by atoms with E-state index >= 15 is 0 Å². The molecule has 0 unspecified atom stereocenters. The maximum Gasteiger partial charge on any atom is 0.270 e. The Morgan fingerprint density at radius 1 is 1.27 bits per heavy atom. The average Bonchev–Trinajstić information content (AvgIpc) is 3.02. The number of nitro benzene ring substituents is 1. The number of non-ortho nitro benzene ring substituents is 1. The molecule has 26 heavy (non-hydrogen) atoms. The van der Waals surface area contributed by atoms with Crippen LogP contribution in [-0.2, 0) is 16.6 Å². The Morgan fingerprint density at radius 2 is 2.08 bits per heavy atom. The molecule has 8 nitrogen and oxygen atoms in total. The van der Waals surface area contributed by atoms with Crippen LogP contribution in [0.1, 0.15) is 12.0 Å². The molecule has 1 N–H and O–H groups in total. The van der Waals surface area contributed by atoms with Crippen LogP contribution in [0.2, 0.25) is 0 Å². The Balaban J connectivity index is 1.65. The Labute approximate surface area is 150 Å². The van der Waals surface area contributed by atoms with Gasteiger partial charge in [-0.05, 0) is 37.1 Å². The first-order chi connectivity index (χ1) is 12.4. The molecule has 1 aromatic carbocycles. The zero-order valence-electron chi connectivity index (χ0n) is 14.1. The van der Waals surface area contributed by atoms with E-state index < -0.39 is 14.9 Å². The van der Waals surface area contributed by atoms with Crippen LogP contribution in [0.5, 0.6) is 0 Å². The van der Waals surface area contributed by atoms with E-state index in [1.54, 1.807) is 13.1 Å². The van der Waals surface area contributed by atoms with E-state index in [1.165, 1.54) is 12.1 Å². The summed E-state index contributed by atoms with van der Waals surface area (Å²) in [4.78, 5) is 14.5. The number of aromatic nitrogens is 2. The number of hydrogen-bond acceptors (Lipinski definition) is 5. The number of nitrogens with zero attached hydrogens (tertiary/aromatic N) is 3. The summed E-state index contributed by atoms with van der Waals surface area (Å²) >= 11 is 0. The molecule has 0 amide bonds. The van der Waals surface area contributed by atoms with Crippen molar-refractivity contribution in [3.8, 4) is 0 Å². The predicted molar refractivity (Wildman–Crippen MR) is 97.4 cm³/mol. The van der Waals surface area contributed by atoms with E-state index in [0.29, 0.717) is 18.5 Å². The maximum absolute atomic E-state index is 12.4. The lowest BCUT2D eigenvalue weighted by Crippen LogP contribution is -2.26. The monoisotopic (exact) mass is 374 g/mol. The molecular weight excluding hydrogens is 356 g/mol. The summed E-state index contributed by atoms with van der Waals surface area (Å²) in [6.45, 7) is 2.43. The molecule has 0 saturated heterocycles. The first-order valence-corrected chi connectivity index (χ1v) is 9.51. The molecule has 2 aromatic heterocycles. The fraction of sp³-hybridized carbons (Fsp3) is 0.235. The third kappa shape index (κ3) is 3.73. The average molecular weight is 374 g/mol. The van der Waals surface area contributed by atoms with E-state index in [9.17, 15) is 18.5 Å². The first-order valence-electron chi connectivity index (χ1n) is 8.03. The van der Waals surface area contributed by atoms with E-state index in [0.717, 1.165) is 17.1 Å². The molecule has 0 atom stereocenters. The van der Waals surface area contributed by atoms with Crippen LogP contribution in [0.25, 0.3) is 11.0 Å². The first kappa shape index (κ1) is 18.0. The van der Waals surface area contributed by atoms with Gasteiger partial charge in [-0.2, -0.15) is 0 Å². The summed E-state index contributed by atoms with van der Waals surface area (Å²) in [6, 6.07) is 9.59. The molecule has 136 valence electrons. The molecule has 0 saturated carbocycles. The van der Waals surface area contributed by atoms with Crippen LogP contribution in [0.3, 0.4) is 0 Å². The zero-order valence-corrected chi connectivity index (χ0v) is 14.9. The maximum atomic E-state index is 12.4. The van der Waals surface area contributed by atoms with Gasteiger partial charge in [0.1, 0.15) is 5.65 Å². The van der Waals surface area contributed by atoms with Crippen molar-refractivity contribution in [3.05, 3.63) is 64.5 Å². The van der Waals surface area contributed by atoms with Gasteiger partial charge in [0, 0.05) is 43.0 Å². The van der Waals surface area contributed by atoms with Gasteiger partial charge < -0.3 is 4.57 Å². The third-order valence-electron chi connectivity index (χ3n) is 4.06. The minimum atomic E-state index is -3.81. The SMILES string of the molecule is Cc1ccc([N+](=O)[O-])cc1S(=O)(=O)NCCCn1ccc2cccnc21. The summed E-state index contributed by atoms with van der Waals surface area (Å²) in [5.41, 5.74) is 1.06. The summed E-state index contributed by atoms with van der Waals surface area (Å²) < 4.78 is 29.4. The molecule has 3 aromatic rings. The van der Waals surface area contributed by atoms with Crippen molar-refractivity contribution in [3.63, 3.8) is 0 Å². The van der Waals surface area contributed by atoms with Gasteiger partial charge in [0.2, 0.25) is 10.0 Å². The van der Waals surface area contributed by atoms with E-state index in [1.807, 2.05) is 29.0 Å². The molecule has 0 aliphatic carbocycles. The quantitative estimate of drug-likeness (QED) is 0.389. The number of aryl methyl sites for hydroxylation is 2. The van der Waals surface area contributed by atoms with Crippen molar-refractivity contribution in [1.29, 1.82) is 0 Å². The van der Waals surface area contributed by atoms with Crippen LogP contribution in [0.4, 0.5) is 5.69 Å². The number of hydrogen-bond donors (Lipinski definition) is 1. The Hall–Kier alpha value is -2.78. The smallest absolute Gasteiger partial charge is 0.270 e. The van der Waals surface area contributed by atoms with Crippen molar-refractivity contribution in [1.82, 2.24) is 14.3 Å². The van der Waals surface area contributed by atoms with Gasteiger partial charge in [-0.3, -0.25) is 10.1 Å². The Kier molecular flexibility index (Phi) is 5.01. The summed E-state index contributed by atoms with van der Waals surface area (Å²) in [6.07, 6.45) is 4.19. The molecule has 0 bridgehead atoms. The van der Waals surface area contributed by atoms with Crippen LogP contribution < -0.4 is 4.72 Å². The fourth-order valence-electron chi connectivity index (χ4n) is 2.73.